The first-order valence-corrected chi connectivity index (χ1v) is 7.47. The maximum atomic E-state index is 4.38. The fourth-order valence-electron chi connectivity index (χ4n) is 2.42. The highest BCUT2D eigenvalue weighted by Gasteiger charge is 2.25. The van der Waals surface area contributed by atoms with Gasteiger partial charge in [-0.15, -0.1) is 0 Å². The van der Waals surface area contributed by atoms with Gasteiger partial charge in [0.2, 0.25) is 0 Å². The van der Waals surface area contributed by atoms with E-state index in [-0.39, 0.29) is 0 Å². The van der Waals surface area contributed by atoms with Gasteiger partial charge < -0.3 is 9.88 Å². The molecular formula is C15H23N5. The Balaban J connectivity index is 1.42. The van der Waals surface area contributed by atoms with Gasteiger partial charge in [-0.1, -0.05) is 0 Å². The van der Waals surface area contributed by atoms with Crippen molar-refractivity contribution in [2.24, 2.45) is 0 Å². The molecule has 0 amide bonds. The topological polar surface area (TPSA) is 58.5 Å². The molecule has 0 spiro atoms. The second-order valence-electron chi connectivity index (χ2n) is 5.83. The van der Waals surface area contributed by atoms with Crippen molar-refractivity contribution in [2.45, 2.75) is 58.2 Å². The molecule has 1 aliphatic rings. The summed E-state index contributed by atoms with van der Waals surface area (Å²) in [6, 6.07) is 2.68. The van der Waals surface area contributed by atoms with Crippen LogP contribution in [0.2, 0.25) is 0 Å². The molecule has 0 aromatic carbocycles. The lowest BCUT2D eigenvalue weighted by Crippen LogP contribution is -2.27. The lowest BCUT2D eigenvalue weighted by molar-refractivity contribution is 0.469. The van der Waals surface area contributed by atoms with Crippen molar-refractivity contribution < 1.29 is 0 Å². The van der Waals surface area contributed by atoms with E-state index in [0.717, 1.165) is 31.3 Å². The predicted octanol–water partition coefficient (Wildman–Crippen LogP) is 2.36. The molecule has 2 aromatic rings. The summed E-state index contributed by atoms with van der Waals surface area (Å²) < 4.78 is 2.19. The van der Waals surface area contributed by atoms with E-state index in [0.29, 0.717) is 6.04 Å². The van der Waals surface area contributed by atoms with Crippen molar-refractivity contribution in [3.8, 4) is 0 Å². The number of aromatic amines is 1. The maximum absolute atomic E-state index is 4.38. The zero-order chi connectivity index (χ0) is 13.9. The average molecular weight is 273 g/mol. The third-order valence-electron chi connectivity index (χ3n) is 4.01. The van der Waals surface area contributed by atoms with Gasteiger partial charge in [-0.05, 0) is 39.2 Å². The van der Waals surface area contributed by atoms with Gasteiger partial charge in [0.05, 0.1) is 5.69 Å². The standard InChI is InChI=1S/C15H23N5/c1-11(5-7-20-8-6-16-12(20)2)17-10-14-9-15(19-18-14)13-3-4-13/h6,8-9,11,13,17H,3-5,7,10H2,1-2H3,(H,18,19). The molecule has 1 atom stereocenters. The van der Waals surface area contributed by atoms with Crippen LogP contribution in [0.25, 0.3) is 0 Å². The molecule has 0 saturated heterocycles. The fourth-order valence-corrected chi connectivity index (χ4v) is 2.42. The van der Waals surface area contributed by atoms with Crippen molar-refractivity contribution in [2.75, 3.05) is 0 Å². The van der Waals surface area contributed by atoms with E-state index in [1.54, 1.807) is 0 Å². The van der Waals surface area contributed by atoms with E-state index in [1.807, 2.05) is 19.3 Å². The first-order valence-electron chi connectivity index (χ1n) is 7.47. The zero-order valence-corrected chi connectivity index (χ0v) is 12.3. The SMILES string of the molecule is Cc1nccn1CCC(C)NCc1cc(C2CC2)n[nH]1. The Labute approximate surface area is 119 Å². The molecule has 1 unspecified atom stereocenters. The molecular weight excluding hydrogens is 250 g/mol. The summed E-state index contributed by atoms with van der Waals surface area (Å²) in [5, 5.41) is 11.1. The largest absolute Gasteiger partial charge is 0.335 e. The van der Waals surface area contributed by atoms with Crippen LogP contribution in [0.3, 0.4) is 0 Å². The highest BCUT2D eigenvalue weighted by Crippen LogP contribution is 2.38. The minimum absolute atomic E-state index is 0.476. The molecule has 0 aliphatic heterocycles. The van der Waals surface area contributed by atoms with Crippen molar-refractivity contribution in [1.82, 2.24) is 25.1 Å². The minimum Gasteiger partial charge on any atom is -0.335 e. The normalized spacial score (nSPS) is 16.5. The van der Waals surface area contributed by atoms with Gasteiger partial charge >= 0.3 is 0 Å². The third kappa shape index (κ3) is 3.28. The van der Waals surface area contributed by atoms with E-state index < -0.39 is 0 Å². The van der Waals surface area contributed by atoms with Crippen LogP contribution in [-0.2, 0) is 13.1 Å². The summed E-state index contributed by atoms with van der Waals surface area (Å²) in [7, 11) is 0. The number of aryl methyl sites for hydroxylation is 2. The Morgan fingerprint density at radius 3 is 3.05 bits per heavy atom. The van der Waals surface area contributed by atoms with Crippen molar-refractivity contribution >= 4 is 0 Å². The van der Waals surface area contributed by atoms with Crippen molar-refractivity contribution in [3.05, 3.63) is 35.7 Å². The molecule has 108 valence electrons. The Bertz CT molecular complexity index is 552. The van der Waals surface area contributed by atoms with Crippen LogP contribution in [0, 0.1) is 6.92 Å². The molecule has 3 rings (SSSR count). The van der Waals surface area contributed by atoms with E-state index in [9.17, 15) is 0 Å². The number of nitrogens with zero attached hydrogens (tertiary/aromatic N) is 3. The molecule has 1 aliphatic carbocycles. The van der Waals surface area contributed by atoms with E-state index in [2.05, 4.69) is 38.1 Å². The monoisotopic (exact) mass is 273 g/mol. The molecule has 0 radical (unpaired) electrons. The number of hydrogen-bond donors (Lipinski definition) is 2. The Hall–Kier alpha value is -1.62. The van der Waals surface area contributed by atoms with Crippen LogP contribution in [-0.4, -0.2) is 25.8 Å². The molecule has 1 saturated carbocycles. The molecule has 5 nitrogen and oxygen atoms in total. The number of aromatic nitrogens is 4. The Kier molecular flexibility index (Phi) is 3.87. The number of H-pyrrole nitrogens is 1. The molecule has 0 bridgehead atoms. The smallest absolute Gasteiger partial charge is 0.105 e. The van der Waals surface area contributed by atoms with E-state index in [4.69, 9.17) is 0 Å². The quantitative estimate of drug-likeness (QED) is 0.814. The summed E-state index contributed by atoms with van der Waals surface area (Å²) in [5.41, 5.74) is 2.43. The Morgan fingerprint density at radius 2 is 2.35 bits per heavy atom. The zero-order valence-electron chi connectivity index (χ0n) is 12.3. The minimum atomic E-state index is 0.476. The maximum Gasteiger partial charge on any atom is 0.105 e. The molecule has 2 N–H and O–H groups in total. The Morgan fingerprint density at radius 1 is 1.50 bits per heavy atom. The van der Waals surface area contributed by atoms with Gasteiger partial charge in [-0.3, -0.25) is 5.10 Å². The number of rotatable bonds is 7. The predicted molar refractivity (Wildman–Crippen MR) is 78.4 cm³/mol. The lowest BCUT2D eigenvalue weighted by Gasteiger charge is -2.14. The molecule has 2 aromatic heterocycles. The van der Waals surface area contributed by atoms with Crippen LogP contribution >= 0.6 is 0 Å². The first-order chi connectivity index (χ1) is 9.72. The van der Waals surface area contributed by atoms with Gasteiger partial charge in [0.25, 0.3) is 0 Å². The van der Waals surface area contributed by atoms with Crippen LogP contribution in [0.1, 0.15) is 49.3 Å². The molecule has 5 heteroatoms. The summed E-state index contributed by atoms with van der Waals surface area (Å²) in [4.78, 5) is 4.24. The second kappa shape index (κ2) is 5.79. The van der Waals surface area contributed by atoms with Crippen molar-refractivity contribution in [1.29, 1.82) is 0 Å². The van der Waals surface area contributed by atoms with Crippen LogP contribution in [0.4, 0.5) is 0 Å². The summed E-state index contributed by atoms with van der Waals surface area (Å²) in [5.74, 6) is 1.81. The van der Waals surface area contributed by atoms with E-state index in [1.165, 1.54) is 24.2 Å². The molecule has 20 heavy (non-hydrogen) atoms. The van der Waals surface area contributed by atoms with Gasteiger partial charge in [-0.2, -0.15) is 5.10 Å². The summed E-state index contributed by atoms with van der Waals surface area (Å²) >= 11 is 0. The highest BCUT2D eigenvalue weighted by molar-refractivity contribution is 5.17. The number of imidazole rings is 1. The molecule has 2 heterocycles. The number of nitrogens with one attached hydrogen (secondary N) is 2. The van der Waals surface area contributed by atoms with Crippen LogP contribution < -0.4 is 5.32 Å². The third-order valence-corrected chi connectivity index (χ3v) is 4.01. The lowest BCUT2D eigenvalue weighted by atomic mass is 10.2. The average Bonchev–Trinajstić information content (AvgIpc) is 3.04. The van der Waals surface area contributed by atoms with Gasteiger partial charge in [-0.25, -0.2) is 4.98 Å². The van der Waals surface area contributed by atoms with Crippen LogP contribution in [0.15, 0.2) is 18.5 Å². The molecule has 1 fully saturated rings. The summed E-state index contributed by atoms with van der Waals surface area (Å²) in [6.45, 7) is 6.15. The fraction of sp³-hybridized carbons (Fsp3) is 0.600. The first kappa shape index (κ1) is 13.4. The van der Waals surface area contributed by atoms with E-state index >= 15 is 0 Å². The van der Waals surface area contributed by atoms with Gasteiger partial charge in [0, 0.05) is 43.1 Å². The second-order valence-corrected chi connectivity index (χ2v) is 5.83. The van der Waals surface area contributed by atoms with Crippen LogP contribution in [0.5, 0.6) is 0 Å². The number of hydrogen-bond acceptors (Lipinski definition) is 3. The van der Waals surface area contributed by atoms with Crippen molar-refractivity contribution in [3.63, 3.8) is 0 Å². The summed E-state index contributed by atoms with van der Waals surface area (Å²) in [6.07, 6.45) is 7.61. The highest BCUT2D eigenvalue weighted by atomic mass is 15.1. The van der Waals surface area contributed by atoms with Gasteiger partial charge in [0.1, 0.15) is 5.82 Å². The van der Waals surface area contributed by atoms with Gasteiger partial charge in [0.15, 0.2) is 0 Å².